The van der Waals surface area contributed by atoms with E-state index in [1.54, 1.807) is 24.1 Å². The molecule has 130 valence electrons. The highest BCUT2D eigenvalue weighted by Crippen LogP contribution is 2.27. The first-order valence-corrected chi connectivity index (χ1v) is 8.40. The molecule has 1 atom stereocenters. The molecule has 1 heterocycles. The molecule has 5 heteroatoms. The smallest absolute Gasteiger partial charge is 0.227 e. The molecular formula is C20H21FN2O2. The average Bonchev–Trinajstić information content (AvgIpc) is 2.61. The standard InChI is InChI=1S/C20H21FN2O2/c1-23(13-14-6-9-17(21)10-7-14)19(24)11-8-16-12-15-4-2-3-5-18(15)22-20(16)25/h2-7,9-10,16H,8,11-13H2,1H3,(H,22,25). The Labute approximate surface area is 146 Å². The van der Waals surface area contributed by atoms with Gasteiger partial charge in [-0.05, 0) is 42.2 Å². The zero-order chi connectivity index (χ0) is 17.8. The van der Waals surface area contributed by atoms with Crippen LogP contribution in [0.15, 0.2) is 48.5 Å². The van der Waals surface area contributed by atoms with Gasteiger partial charge in [0.15, 0.2) is 0 Å². The first-order valence-electron chi connectivity index (χ1n) is 8.40. The molecule has 25 heavy (non-hydrogen) atoms. The summed E-state index contributed by atoms with van der Waals surface area (Å²) in [7, 11) is 1.72. The molecule has 0 saturated heterocycles. The SMILES string of the molecule is CN(Cc1ccc(F)cc1)C(=O)CCC1Cc2ccccc2NC1=O. The van der Waals surface area contributed by atoms with E-state index in [4.69, 9.17) is 0 Å². The maximum absolute atomic E-state index is 12.9. The Bertz CT molecular complexity index is 774. The summed E-state index contributed by atoms with van der Waals surface area (Å²) in [5.74, 6) is -0.511. The third kappa shape index (κ3) is 4.24. The monoisotopic (exact) mass is 340 g/mol. The van der Waals surface area contributed by atoms with Crippen molar-refractivity contribution in [3.05, 3.63) is 65.5 Å². The fraction of sp³-hybridized carbons (Fsp3) is 0.300. The number of fused-ring (bicyclic) bond motifs is 1. The zero-order valence-corrected chi connectivity index (χ0v) is 14.2. The molecule has 0 bridgehead atoms. The topological polar surface area (TPSA) is 49.4 Å². The van der Waals surface area contributed by atoms with Crippen LogP contribution in [-0.4, -0.2) is 23.8 Å². The summed E-state index contributed by atoms with van der Waals surface area (Å²) in [5.41, 5.74) is 2.85. The predicted octanol–water partition coefficient (Wildman–Crippen LogP) is 3.38. The van der Waals surface area contributed by atoms with Crippen molar-refractivity contribution >= 4 is 17.5 Å². The normalized spacial score (nSPS) is 16.1. The molecule has 1 aliphatic rings. The molecule has 2 amide bonds. The average molecular weight is 340 g/mol. The van der Waals surface area contributed by atoms with Gasteiger partial charge in [-0.25, -0.2) is 4.39 Å². The molecule has 0 fully saturated rings. The van der Waals surface area contributed by atoms with Crippen LogP contribution in [0.4, 0.5) is 10.1 Å². The Kier molecular flexibility index (Phi) is 5.12. The number of hydrogen-bond acceptors (Lipinski definition) is 2. The van der Waals surface area contributed by atoms with Crippen molar-refractivity contribution < 1.29 is 14.0 Å². The fourth-order valence-electron chi connectivity index (χ4n) is 3.09. The first-order chi connectivity index (χ1) is 12.0. The summed E-state index contributed by atoms with van der Waals surface area (Å²) in [6, 6.07) is 13.9. The number of carbonyl (C=O) groups excluding carboxylic acids is 2. The molecule has 0 aliphatic carbocycles. The van der Waals surface area contributed by atoms with Crippen LogP contribution in [0.3, 0.4) is 0 Å². The van der Waals surface area contributed by atoms with Gasteiger partial charge in [-0.15, -0.1) is 0 Å². The molecule has 3 rings (SSSR count). The lowest BCUT2D eigenvalue weighted by atomic mass is 9.89. The number of amides is 2. The summed E-state index contributed by atoms with van der Waals surface area (Å²) in [5, 5.41) is 2.91. The van der Waals surface area contributed by atoms with E-state index in [9.17, 15) is 14.0 Å². The zero-order valence-electron chi connectivity index (χ0n) is 14.2. The van der Waals surface area contributed by atoms with Crippen LogP contribution in [0.25, 0.3) is 0 Å². The number of halogens is 1. The van der Waals surface area contributed by atoms with E-state index >= 15 is 0 Å². The van der Waals surface area contributed by atoms with E-state index in [0.717, 1.165) is 16.8 Å². The molecule has 1 N–H and O–H groups in total. The lowest BCUT2D eigenvalue weighted by molar-refractivity contribution is -0.131. The van der Waals surface area contributed by atoms with E-state index < -0.39 is 0 Å². The lowest BCUT2D eigenvalue weighted by Crippen LogP contribution is -2.32. The van der Waals surface area contributed by atoms with Gasteiger partial charge < -0.3 is 10.2 Å². The number of anilines is 1. The number of nitrogens with one attached hydrogen (secondary N) is 1. The van der Waals surface area contributed by atoms with Crippen molar-refractivity contribution in [2.45, 2.75) is 25.8 Å². The van der Waals surface area contributed by atoms with Crippen LogP contribution < -0.4 is 5.32 Å². The van der Waals surface area contributed by atoms with Gasteiger partial charge in [0.05, 0.1) is 0 Å². The molecule has 0 aromatic heterocycles. The van der Waals surface area contributed by atoms with Crippen LogP contribution in [0, 0.1) is 11.7 Å². The van der Waals surface area contributed by atoms with Crippen molar-refractivity contribution in [1.29, 1.82) is 0 Å². The Hall–Kier alpha value is -2.69. The molecule has 0 saturated carbocycles. The summed E-state index contributed by atoms with van der Waals surface area (Å²) < 4.78 is 12.9. The molecule has 0 radical (unpaired) electrons. The molecule has 1 aliphatic heterocycles. The van der Waals surface area contributed by atoms with Gasteiger partial charge in [-0.1, -0.05) is 30.3 Å². The highest BCUT2D eigenvalue weighted by molar-refractivity contribution is 5.96. The highest BCUT2D eigenvalue weighted by atomic mass is 19.1. The molecule has 2 aromatic carbocycles. The van der Waals surface area contributed by atoms with Crippen molar-refractivity contribution in [2.24, 2.45) is 5.92 Å². The number of hydrogen-bond donors (Lipinski definition) is 1. The van der Waals surface area contributed by atoms with Crippen LogP contribution in [0.2, 0.25) is 0 Å². The van der Waals surface area contributed by atoms with Gasteiger partial charge in [-0.2, -0.15) is 0 Å². The minimum Gasteiger partial charge on any atom is -0.341 e. The third-order valence-electron chi connectivity index (χ3n) is 4.58. The Morgan fingerprint density at radius 1 is 1.20 bits per heavy atom. The second-order valence-electron chi connectivity index (χ2n) is 6.46. The Morgan fingerprint density at radius 2 is 1.92 bits per heavy atom. The van der Waals surface area contributed by atoms with Crippen LogP contribution in [0.1, 0.15) is 24.0 Å². The van der Waals surface area contributed by atoms with E-state index in [-0.39, 0.29) is 23.5 Å². The molecule has 0 spiro atoms. The van der Waals surface area contributed by atoms with E-state index in [1.807, 2.05) is 24.3 Å². The van der Waals surface area contributed by atoms with Crippen molar-refractivity contribution in [2.75, 3.05) is 12.4 Å². The number of carbonyl (C=O) groups is 2. The van der Waals surface area contributed by atoms with Gasteiger partial charge in [0, 0.05) is 31.6 Å². The van der Waals surface area contributed by atoms with Gasteiger partial charge >= 0.3 is 0 Å². The molecule has 1 unspecified atom stereocenters. The fourth-order valence-corrected chi connectivity index (χ4v) is 3.09. The van der Waals surface area contributed by atoms with Crippen LogP contribution in [0.5, 0.6) is 0 Å². The number of rotatable bonds is 5. The van der Waals surface area contributed by atoms with Gasteiger partial charge in [0.2, 0.25) is 11.8 Å². The number of para-hydroxylation sites is 1. The van der Waals surface area contributed by atoms with Gasteiger partial charge in [-0.3, -0.25) is 9.59 Å². The van der Waals surface area contributed by atoms with Crippen molar-refractivity contribution in [1.82, 2.24) is 4.90 Å². The summed E-state index contributed by atoms with van der Waals surface area (Å²) in [6.45, 7) is 0.429. The van der Waals surface area contributed by atoms with E-state index in [1.165, 1.54) is 12.1 Å². The third-order valence-corrected chi connectivity index (χ3v) is 4.58. The lowest BCUT2D eigenvalue weighted by Gasteiger charge is -2.25. The van der Waals surface area contributed by atoms with Crippen molar-refractivity contribution in [3.8, 4) is 0 Å². The molecule has 2 aromatic rings. The Balaban J connectivity index is 1.53. The minimum atomic E-state index is -0.290. The van der Waals surface area contributed by atoms with Crippen LogP contribution in [-0.2, 0) is 22.6 Å². The maximum atomic E-state index is 12.9. The molecular weight excluding hydrogens is 319 g/mol. The van der Waals surface area contributed by atoms with E-state index in [0.29, 0.717) is 25.8 Å². The van der Waals surface area contributed by atoms with Crippen molar-refractivity contribution in [3.63, 3.8) is 0 Å². The second-order valence-corrected chi connectivity index (χ2v) is 6.46. The predicted molar refractivity (Wildman–Crippen MR) is 94.4 cm³/mol. The van der Waals surface area contributed by atoms with E-state index in [2.05, 4.69) is 5.32 Å². The largest absolute Gasteiger partial charge is 0.341 e. The first kappa shape index (κ1) is 17.1. The summed E-state index contributed by atoms with van der Waals surface area (Å²) in [6.07, 6.45) is 1.50. The summed E-state index contributed by atoms with van der Waals surface area (Å²) in [4.78, 5) is 26.1. The highest BCUT2D eigenvalue weighted by Gasteiger charge is 2.26. The Morgan fingerprint density at radius 3 is 2.68 bits per heavy atom. The quantitative estimate of drug-likeness (QED) is 0.907. The number of nitrogens with zero attached hydrogens (tertiary/aromatic N) is 1. The minimum absolute atomic E-state index is 0.0176. The molecule has 4 nitrogen and oxygen atoms in total. The van der Waals surface area contributed by atoms with Gasteiger partial charge in [0.25, 0.3) is 0 Å². The number of benzene rings is 2. The maximum Gasteiger partial charge on any atom is 0.227 e. The summed E-state index contributed by atoms with van der Waals surface area (Å²) >= 11 is 0. The second kappa shape index (κ2) is 7.47. The van der Waals surface area contributed by atoms with Gasteiger partial charge in [0.1, 0.15) is 5.82 Å². The van der Waals surface area contributed by atoms with Crippen LogP contribution >= 0.6 is 0 Å².